The zero-order valence-electron chi connectivity index (χ0n) is 11.4. The van der Waals surface area contributed by atoms with Gasteiger partial charge in [0, 0.05) is 39.0 Å². The number of hydrogen-bond acceptors (Lipinski definition) is 5. The fourth-order valence-electron chi connectivity index (χ4n) is 2.47. The lowest BCUT2D eigenvalue weighted by Crippen LogP contribution is -2.37. The molecule has 1 aliphatic rings. The van der Waals surface area contributed by atoms with Gasteiger partial charge >= 0.3 is 0 Å². The molecule has 0 bridgehead atoms. The van der Waals surface area contributed by atoms with Crippen LogP contribution in [0.15, 0.2) is 6.07 Å². The summed E-state index contributed by atoms with van der Waals surface area (Å²) in [6.07, 6.45) is 2.44. The van der Waals surface area contributed by atoms with E-state index in [4.69, 9.17) is 4.74 Å². The van der Waals surface area contributed by atoms with Crippen LogP contribution in [0.2, 0.25) is 0 Å². The molecular formula is C13H22N4O. The quantitative estimate of drug-likeness (QED) is 0.881. The summed E-state index contributed by atoms with van der Waals surface area (Å²) in [6, 6.07) is 2.05. The first-order valence-corrected chi connectivity index (χ1v) is 6.50. The van der Waals surface area contributed by atoms with Gasteiger partial charge in [0.15, 0.2) is 0 Å². The Balaban J connectivity index is 2.12. The molecule has 18 heavy (non-hydrogen) atoms. The molecule has 1 aromatic rings. The number of rotatable bonds is 4. The molecule has 0 aliphatic carbocycles. The van der Waals surface area contributed by atoms with Gasteiger partial charge in [-0.2, -0.15) is 4.98 Å². The van der Waals surface area contributed by atoms with Crippen LogP contribution in [0.1, 0.15) is 18.5 Å². The Morgan fingerprint density at radius 3 is 3.06 bits per heavy atom. The molecular weight excluding hydrogens is 228 g/mol. The second kappa shape index (κ2) is 6.00. The zero-order chi connectivity index (χ0) is 13.0. The Labute approximate surface area is 109 Å². The highest BCUT2D eigenvalue weighted by Crippen LogP contribution is 2.23. The lowest BCUT2D eigenvalue weighted by molar-refractivity contribution is 0.143. The SMILES string of the molecule is CNc1nc(C)cc(N2CCCC(COC)C2)n1. The summed E-state index contributed by atoms with van der Waals surface area (Å²) < 4.78 is 5.26. The maximum Gasteiger partial charge on any atom is 0.224 e. The first-order chi connectivity index (χ1) is 8.72. The summed E-state index contributed by atoms with van der Waals surface area (Å²) in [7, 11) is 3.62. The van der Waals surface area contributed by atoms with Crippen LogP contribution in [0, 0.1) is 12.8 Å². The van der Waals surface area contributed by atoms with Crippen molar-refractivity contribution in [2.45, 2.75) is 19.8 Å². The molecule has 1 unspecified atom stereocenters. The van der Waals surface area contributed by atoms with E-state index in [1.807, 2.05) is 14.0 Å². The fraction of sp³-hybridized carbons (Fsp3) is 0.692. The molecule has 100 valence electrons. The molecule has 1 fully saturated rings. The van der Waals surface area contributed by atoms with Crippen molar-refractivity contribution in [3.05, 3.63) is 11.8 Å². The van der Waals surface area contributed by atoms with E-state index in [0.717, 1.165) is 31.2 Å². The molecule has 2 heterocycles. The number of nitrogens with one attached hydrogen (secondary N) is 1. The largest absolute Gasteiger partial charge is 0.384 e. The van der Waals surface area contributed by atoms with Gasteiger partial charge in [0.25, 0.3) is 0 Å². The molecule has 0 radical (unpaired) electrons. The van der Waals surface area contributed by atoms with Crippen LogP contribution in [0.4, 0.5) is 11.8 Å². The number of methoxy groups -OCH3 is 1. The van der Waals surface area contributed by atoms with E-state index in [-0.39, 0.29) is 0 Å². The summed E-state index contributed by atoms with van der Waals surface area (Å²) in [6.45, 7) is 4.93. The van der Waals surface area contributed by atoms with Crippen LogP contribution in [0.5, 0.6) is 0 Å². The van der Waals surface area contributed by atoms with Crippen molar-refractivity contribution in [3.63, 3.8) is 0 Å². The number of aryl methyl sites for hydroxylation is 1. The normalized spacial score (nSPS) is 19.9. The average molecular weight is 250 g/mol. The van der Waals surface area contributed by atoms with Gasteiger partial charge in [-0.1, -0.05) is 0 Å². The van der Waals surface area contributed by atoms with Crippen LogP contribution < -0.4 is 10.2 Å². The van der Waals surface area contributed by atoms with Crippen LogP contribution in [-0.2, 0) is 4.74 Å². The summed E-state index contributed by atoms with van der Waals surface area (Å²) in [5.41, 5.74) is 0.998. The van der Waals surface area contributed by atoms with Gasteiger partial charge in [-0.3, -0.25) is 0 Å². The Morgan fingerprint density at radius 1 is 1.50 bits per heavy atom. The molecule has 0 amide bonds. The van der Waals surface area contributed by atoms with E-state index in [0.29, 0.717) is 11.9 Å². The van der Waals surface area contributed by atoms with Gasteiger partial charge in [0.1, 0.15) is 5.82 Å². The van der Waals surface area contributed by atoms with Gasteiger partial charge in [-0.15, -0.1) is 0 Å². The van der Waals surface area contributed by atoms with Crippen molar-refractivity contribution in [1.82, 2.24) is 9.97 Å². The van der Waals surface area contributed by atoms with Crippen molar-refractivity contribution in [3.8, 4) is 0 Å². The lowest BCUT2D eigenvalue weighted by Gasteiger charge is -2.33. The topological polar surface area (TPSA) is 50.3 Å². The van der Waals surface area contributed by atoms with Gasteiger partial charge in [0.05, 0.1) is 6.61 Å². The maximum atomic E-state index is 5.26. The molecule has 1 atom stereocenters. The van der Waals surface area contributed by atoms with E-state index in [1.54, 1.807) is 7.11 Å². The van der Waals surface area contributed by atoms with Crippen LogP contribution in [-0.4, -0.2) is 43.8 Å². The summed E-state index contributed by atoms with van der Waals surface area (Å²) in [4.78, 5) is 11.2. The summed E-state index contributed by atoms with van der Waals surface area (Å²) >= 11 is 0. The first kappa shape index (κ1) is 13.1. The Kier molecular flexibility index (Phi) is 4.36. The van der Waals surface area contributed by atoms with Gasteiger partial charge in [-0.05, 0) is 25.7 Å². The molecule has 1 N–H and O–H groups in total. The Morgan fingerprint density at radius 2 is 2.33 bits per heavy atom. The van der Waals surface area contributed by atoms with Crippen LogP contribution >= 0.6 is 0 Å². The standard InChI is InChI=1S/C13H22N4O/c1-10-7-12(16-13(14-2)15-10)17-6-4-5-11(8-17)9-18-3/h7,11H,4-6,8-9H2,1-3H3,(H,14,15,16). The smallest absolute Gasteiger partial charge is 0.224 e. The molecule has 2 rings (SSSR count). The van der Waals surface area contributed by atoms with E-state index >= 15 is 0 Å². The third-order valence-electron chi connectivity index (χ3n) is 3.31. The summed E-state index contributed by atoms with van der Waals surface area (Å²) in [5, 5.41) is 3.01. The molecule has 1 aromatic heterocycles. The molecule has 5 nitrogen and oxygen atoms in total. The number of piperidine rings is 1. The van der Waals surface area contributed by atoms with Crippen molar-refractivity contribution >= 4 is 11.8 Å². The predicted molar refractivity (Wildman–Crippen MR) is 73.1 cm³/mol. The third kappa shape index (κ3) is 3.10. The van der Waals surface area contributed by atoms with Gasteiger partial charge in [-0.25, -0.2) is 4.98 Å². The molecule has 1 aliphatic heterocycles. The number of hydrogen-bond donors (Lipinski definition) is 1. The van der Waals surface area contributed by atoms with Crippen molar-refractivity contribution < 1.29 is 4.74 Å². The number of aromatic nitrogens is 2. The third-order valence-corrected chi connectivity index (χ3v) is 3.31. The average Bonchev–Trinajstić information content (AvgIpc) is 2.39. The van der Waals surface area contributed by atoms with E-state index in [9.17, 15) is 0 Å². The fourth-order valence-corrected chi connectivity index (χ4v) is 2.47. The Hall–Kier alpha value is -1.36. The second-order valence-electron chi connectivity index (χ2n) is 4.85. The molecule has 0 aromatic carbocycles. The van der Waals surface area contributed by atoms with Crippen LogP contribution in [0.25, 0.3) is 0 Å². The van der Waals surface area contributed by atoms with Gasteiger partial charge < -0.3 is 15.0 Å². The van der Waals surface area contributed by atoms with E-state index in [2.05, 4.69) is 26.3 Å². The highest BCUT2D eigenvalue weighted by atomic mass is 16.5. The molecule has 0 spiro atoms. The highest BCUT2D eigenvalue weighted by molar-refractivity contribution is 5.44. The number of anilines is 2. The zero-order valence-corrected chi connectivity index (χ0v) is 11.4. The van der Waals surface area contributed by atoms with Crippen molar-refractivity contribution in [2.75, 3.05) is 44.1 Å². The van der Waals surface area contributed by atoms with Crippen molar-refractivity contribution in [1.29, 1.82) is 0 Å². The van der Waals surface area contributed by atoms with Crippen LogP contribution in [0.3, 0.4) is 0 Å². The molecule has 0 saturated carbocycles. The summed E-state index contributed by atoms with van der Waals surface area (Å²) in [5.74, 6) is 2.32. The monoisotopic (exact) mass is 250 g/mol. The minimum absolute atomic E-state index is 0.608. The lowest BCUT2D eigenvalue weighted by atomic mass is 9.99. The predicted octanol–water partition coefficient (Wildman–Crippen LogP) is 1.69. The Bertz CT molecular complexity index is 395. The minimum atomic E-state index is 0.608. The number of ether oxygens (including phenoxy) is 1. The molecule has 1 saturated heterocycles. The number of nitrogens with zero attached hydrogens (tertiary/aromatic N) is 3. The first-order valence-electron chi connectivity index (χ1n) is 6.50. The minimum Gasteiger partial charge on any atom is -0.384 e. The van der Waals surface area contributed by atoms with Gasteiger partial charge in [0.2, 0.25) is 5.95 Å². The van der Waals surface area contributed by atoms with Crippen molar-refractivity contribution in [2.24, 2.45) is 5.92 Å². The highest BCUT2D eigenvalue weighted by Gasteiger charge is 2.21. The second-order valence-corrected chi connectivity index (χ2v) is 4.85. The van der Waals surface area contributed by atoms with E-state index < -0.39 is 0 Å². The van der Waals surface area contributed by atoms with E-state index in [1.165, 1.54) is 12.8 Å². The maximum absolute atomic E-state index is 5.26. The molecule has 5 heteroatoms.